The van der Waals surface area contributed by atoms with Crippen LogP contribution < -0.4 is 30.2 Å². The van der Waals surface area contributed by atoms with E-state index in [-0.39, 0.29) is 31.5 Å². The Bertz CT molecular complexity index is 3680. The minimum atomic E-state index is -1.21. The molecule has 0 fully saturated rings. The molecule has 0 spiro atoms. The van der Waals surface area contributed by atoms with Crippen molar-refractivity contribution in [3.05, 3.63) is 310 Å². The van der Waals surface area contributed by atoms with Gasteiger partial charge >= 0.3 is 6.09 Å². The largest absolute Gasteiger partial charge is 0.497 e. The maximum atomic E-state index is 15.4. The van der Waals surface area contributed by atoms with Gasteiger partial charge in [-0.1, -0.05) is 211 Å². The van der Waals surface area contributed by atoms with Gasteiger partial charge in [0, 0.05) is 30.2 Å². The maximum Gasteiger partial charge on any atom is 0.407 e. The number of methoxy groups -OCH3 is 2. The fourth-order valence-electron chi connectivity index (χ4n) is 11.5. The summed E-state index contributed by atoms with van der Waals surface area (Å²) in [6.07, 6.45) is 2.95. The maximum absolute atomic E-state index is 15.4. The van der Waals surface area contributed by atoms with E-state index in [1.807, 2.05) is 166 Å². The number of nitrogens with one attached hydrogen (secondary N) is 3. The van der Waals surface area contributed by atoms with Crippen molar-refractivity contribution < 1.29 is 33.3 Å². The fourth-order valence-corrected chi connectivity index (χ4v) is 11.5. The summed E-state index contributed by atoms with van der Waals surface area (Å²) in [5, 5.41) is 9.44. The van der Waals surface area contributed by atoms with Crippen LogP contribution in [0.25, 0.3) is 11.1 Å². The molecule has 1 aromatic heterocycles. The van der Waals surface area contributed by atoms with E-state index in [4.69, 9.17) is 23.9 Å². The second kappa shape index (κ2) is 25.3. The lowest BCUT2D eigenvalue weighted by molar-refractivity contribution is -0.124. The SMILES string of the molecule is COc1ccc(C(NC(=O)[C@@H](Cc2cn(C(c3ccccc3)(c3ccccc3)c3ccccc3)cn2)NC(=O)OCC2c3ccccc3-c3ccccc32)c2ccc(OCC(=O)NC(c3ccc(C)cc3)c3ccc(C)cc3)cc2)c(OC)c1. The van der Waals surface area contributed by atoms with E-state index in [0.717, 1.165) is 61.2 Å². The molecule has 3 N–H and O–H groups in total. The summed E-state index contributed by atoms with van der Waals surface area (Å²) < 4.78 is 25.9. The Morgan fingerprint density at radius 3 is 1.58 bits per heavy atom. The van der Waals surface area contributed by atoms with Gasteiger partial charge in [-0.05, 0) is 93.7 Å². The molecular weight excluding hydrogens is 1050 g/mol. The highest BCUT2D eigenvalue weighted by Gasteiger charge is 2.39. The van der Waals surface area contributed by atoms with Gasteiger partial charge in [-0.15, -0.1) is 0 Å². The van der Waals surface area contributed by atoms with Gasteiger partial charge in [-0.2, -0.15) is 0 Å². The molecule has 12 nitrogen and oxygen atoms in total. The number of rotatable bonds is 21. The molecule has 1 unspecified atom stereocenters. The van der Waals surface area contributed by atoms with Crippen LogP contribution in [-0.4, -0.2) is 60.9 Å². The van der Waals surface area contributed by atoms with E-state index in [9.17, 15) is 9.59 Å². The van der Waals surface area contributed by atoms with E-state index < -0.39 is 35.7 Å². The second-order valence-electron chi connectivity index (χ2n) is 21.0. The smallest absolute Gasteiger partial charge is 0.407 e. The van der Waals surface area contributed by atoms with Gasteiger partial charge in [0.1, 0.15) is 35.4 Å². The quantitative estimate of drug-likeness (QED) is 0.0604. The average molecular weight is 1110 g/mol. The summed E-state index contributed by atoms with van der Waals surface area (Å²) in [7, 11) is 3.13. The highest BCUT2D eigenvalue weighted by Crippen LogP contribution is 2.45. The van der Waals surface area contributed by atoms with Crippen LogP contribution in [0.1, 0.15) is 84.9 Å². The van der Waals surface area contributed by atoms with Gasteiger partial charge < -0.3 is 39.5 Å². The van der Waals surface area contributed by atoms with Crippen molar-refractivity contribution >= 4 is 17.9 Å². The first-order chi connectivity index (χ1) is 41.1. The molecule has 420 valence electrons. The number of aryl methyl sites for hydroxylation is 2. The summed E-state index contributed by atoms with van der Waals surface area (Å²) in [4.78, 5) is 48.5. The van der Waals surface area contributed by atoms with Crippen molar-refractivity contribution in [2.45, 2.75) is 49.9 Å². The molecule has 9 aromatic carbocycles. The predicted molar refractivity (Wildman–Crippen MR) is 326 cm³/mol. The van der Waals surface area contributed by atoms with Gasteiger partial charge in [0.15, 0.2) is 6.61 Å². The summed E-state index contributed by atoms with van der Waals surface area (Å²) in [5.74, 6) is 0.408. The van der Waals surface area contributed by atoms with Crippen LogP contribution in [0.5, 0.6) is 17.2 Å². The van der Waals surface area contributed by atoms with Gasteiger partial charge in [0.2, 0.25) is 5.91 Å². The number of benzene rings is 9. The molecule has 0 radical (unpaired) electrons. The van der Waals surface area contributed by atoms with E-state index >= 15 is 4.79 Å². The number of alkyl carbamates (subject to hydrolysis) is 1. The molecule has 12 heteroatoms. The zero-order valence-corrected chi connectivity index (χ0v) is 47.3. The number of carbonyl (C=O) groups excluding carboxylic acids is 3. The Balaban J connectivity index is 0.900. The van der Waals surface area contributed by atoms with Gasteiger partial charge in [0.05, 0.1) is 38.3 Å². The molecule has 0 bridgehead atoms. The minimum Gasteiger partial charge on any atom is -0.497 e. The highest BCUT2D eigenvalue weighted by atomic mass is 16.5. The van der Waals surface area contributed by atoms with E-state index in [1.165, 1.54) is 0 Å². The van der Waals surface area contributed by atoms with Crippen LogP contribution in [-0.2, 0) is 26.3 Å². The molecular formula is C72H65N5O7. The average Bonchev–Trinajstić information content (AvgIpc) is 3.04. The first kappa shape index (κ1) is 55.7. The molecule has 0 aliphatic heterocycles. The lowest BCUT2D eigenvalue weighted by Gasteiger charge is -2.37. The zero-order valence-electron chi connectivity index (χ0n) is 47.3. The van der Waals surface area contributed by atoms with Gasteiger partial charge in [-0.25, -0.2) is 9.78 Å². The number of carbonyl (C=O) groups is 3. The number of aromatic nitrogens is 2. The van der Waals surface area contributed by atoms with Crippen LogP contribution in [0.3, 0.4) is 0 Å². The molecule has 1 aliphatic rings. The lowest BCUT2D eigenvalue weighted by atomic mass is 9.77. The van der Waals surface area contributed by atoms with E-state index in [1.54, 1.807) is 44.8 Å². The molecule has 10 aromatic rings. The standard InChI is InChI=1S/C72H65N5O7/c1-48-28-32-50(33-29-48)68(51-34-30-49(2)31-35-51)75-67(78)46-83-57-38-36-52(37-39-57)69(63-41-40-58(81-3)43-66(63)82-4)76-70(79)65(74-71(80)84-45-64-61-26-16-14-24-59(61)60-25-15-17-27-62(60)64)42-56-44-77(47-73-56)72(53-18-8-5-9-19-53,54-20-10-6-11-21-54)55-22-12-7-13-23-55/h5-41,43-44,47,64-65,68-69H,42,45-46H2,1-4H3,(H,74,80)(H,75,78)(H,76,79)/t65-,69?/m1/s1. The van der Waals surface area contributed by atoms with Gasteiger partial charge in [0.25, 0.3) is 5.91 Å². The lowest BCUT2D eigenvalue weighted by Crippen LogP contribution is -2.49. The van der Waals surface area contributed by atoms with Crippen molar-refractivity contribution in [1.82, 2.24) is 25.5 Å². The third-order valence-corrected chi connectivity index (χ3v) is 15.7. The summed E-state index contributed by atoms with van der Waals surface area (Å²) in [6, 6.07) is 73.4. The number of imidazole rings is 1. The van der Waals surface area contributed by atoms with Crippen LogP contribution in [0.4, 0.5) is 4.79 Å². The molecule has 1 aliphatic carbocycles. The number of amides is 3. The van der Waals surface area contributed by atoms with Crippen LogP contribution >= 0.6 is 0 Å². The Morgan fingerprint density at radius 2 is 1.05 bits per heavy atom. The topological polar surface area (TPSA) is 142 Å². The summed E-state index contributed by atoms with van der Waals surface area (Å²) >= 11 is 0. The number of fused-ring (bicyclic) bond motifs is 3. The second-order valence-corrected chi connectivity index (χ2v) is 21.0. The Hall–Kier alpha value is -10.2. The molecule has 84 heavy (non-hydrogen) atoms. The monoisotopic (exact) mass is 1110 g/mol. The highest BCUT2D eigenvalue weighted by molar-refractivity contribution is 5.87. The van der Waals surface area contributed by atoms with Gasteiger partial charge in [-0.3, -0.25) is 9.59 Å². The predicted octanol–water partition coefficient (Wildman–Crippen LogP) is 13.0. The number of nitrogens with zero attached hydrogens (tertiary/aromatic N) is 2. The zero-order chi connectivity index (χ0) is 58.0. The molecule has 1 heterocycles. The summed E-state index contributed by atoms with van der Waals surface area (Å²) in [6.45, 7) is 3.85. The molecule has 3 amide bonds. The first-order valence-electron chi connectivity index (χ1n) is 28.1. The third-order valence-electron chi connectivity index (χ3n) is 15.7. The number of hydrogen-bond donors (Lipinski definition) is 3. The van der Waals surface area contributed by atoms with E-state index in [2.05, 4.69) is 81.2 Å². The molecule has 11 rings (SSSR count). The first-order valence-corrected chi connectivity index (χ1v) is 28.1. The molecule has 0 saturated heterocycles. The van der Waals surface area contributed by atoms with Crippen LogP contribution in [0, 0.1) is 13.8 Å². The van der Waals surface area contributed by atoms with Crippen LogP contribution in [0.2, 0.25) is 0 Å². The Labute approximate surface area is 490 Å². The summed E-state index contributed by atoms with van der Waals surface area (Å²) in [5.41, 5.74) is 12.4. The minimum absolute atomic E-state index is 0.0204. The normalized spacial score (nSPS) is 12.5. The van der Waals surface area contributed by atoms with Crippen LogP contribution in [0.15, 0.2) is 243 Å². The molecule has 0 saturated carbocycles. The van der Waals surface area contributed by atoms with Crippen molar-refractivity contribution in [2.24, 2.45) is 0 Å². The third kappa shape index (κ3) is 11.9. The van der Waals surface area contributed by atoms with Crippen molar-refractivity contribution in [1.29, 1.82) is 0 Å². The van der Waals surface area contributed by atoms with E-state index in [0.29, 0.717) is 34.1 Å². The van der Waals surface area contributed by atoms with Crippen molar-refractivity contribution in [2.75, 3.05) is 27.4 Å². The fraction of sp³-hybridized carbons (Fsp3) is 0.167. The number of hydrogen-bond acceptors (Lipinski definition) is 8. The van der Waals surface area contributed by atoms with Crippen molar-refractivity contribution in [3.63, 3.8) is 0 Å². The molecule has 2 atom stereocenters. The number of ether oxygens (including phenoxy) is 4. The van der Waals surface area contributed by atoms with Crippen molar-refractivity contribution in [3.8, 4) is 28.4 Å². The Kier molecular flexibility index (Phi) is 16.8. The Morgan fingerprint density at radius 1 is 0.548 bits per heavy atom.